The first-order chi connectivity index (χ1) is 10.7. The van der Waals surface area contributed by atoms with Crippen molar-refractivity contribution in [2.45, 2.75) is 23.1 Å². The molecule has 0 aliphatic rings. The third-order valence-corrected chi connectivity index (χ3v) is 5.14. The molecule has 0 radical (unpaired) electrons. The quantitative estimate of drug-likeness (QED) is 0.660. The Morgan fingerprint density at radius 1 is 1.27 bits per heavy atom. The van der Waals surface area contributed by atoms with Crippen molar-refractivity contribution >= 4 is 28.2 Å². The van der Waals surface area contributed by atoms with Crippen molar-refractivity contribution in [3.63, 3.8) is 0 Å². The highest BCUT2D eigenvalue weighted by Gasteiger charge is 2.12. The van der Waals surface area contributed by atoms with E-state index in [-0.39, 0.29) is 11.1 Å². The number of anilines is 1. The molecule has 3 aromatic rings. The van der Waals surface area contributed by atoms with Crippen LogP contribution in [0.5, 0.6) is 0 Å². The summed E-state index contributed by atoms with van der Waals surface area (Å²) in [7, 11) is 0. The van der Waals surface area contributed by atoms with Gasteiger partial charge in [-0.3, -0.25) is 0 Å². The maximum Gasteiger partial charge on any atom is 0.206 e. The average Bonchev–Trinajstić information content (AvgIpc) is 3.17. The molecule has 0 bridgehead atoms. The molecule has 0 unspecified atom stereocenters. The molecule has 1 aromatic carbocycles. The number of halogens is 1. The number of aromatic nitrogens is 2. The van der Waals surface area contributed by atoms with Crippen molar-refractivity contribution in [3.8, 4) is 0 Å². The second-order valence-corrected chi connectivity index (χ2v) is 7.18. The summed E-state index contributed by atoms with van der Waals surface area (Å²) in [6.45, 7) is 2.65. The van der Waals surface area contributed by atoms with E-state index >= 15 is 0 Å². The lowest BCUT2D eigenvalue weighted by Gasteiger charge is -2.08. The number of hydrogen-bond donors (Lipinski definition) is 1. The molecule has 2 heterocycles. The van der Waals surface area contributed by atoms with Gasteiger partial charge in [-0.15, -0.1) is 10.2 Å². The molecule has 0 saturated carbocycles. The normalized spacial score (nSPS) is 12.3. The summed E-state index contributed by atoms with van der Waals surface area (Å²) < 4.78 is 19.1. The average molecular weight is 335 g/mol. The Labute approximate surface area is 135 Å². The maximum atomic E-state index is 12.9. The van der Waals surface area contributed by atoms with Crippen LogP contribution in [0.3, 0.4) is 0 Å². The van der Waals surface area contributed by atoms with Gasteiger partial charge in [-0.05, 0) is 36.8 Å². The molecule has 0 fully saturated rings. The monoisotopic (exact) mass is 335 g/mol. The van der Waals surface area contributed by atoms with Crippen molar-refractivity contribution < 1.29 is 8.81 Å². The van der Waals surface area contributed by atoms with E-state index in [0.29, 0.717) is 6.54 Å². The fraction of sp³-hybridized carbons (Fsp3) is 0.200. The summed E-state index contributed by atoms with van der Waals surface area (Å²) in [6, 6.07) is 10.3. The topological polar surface area (TPSA) is 51.0 Å². The van der Waals surface area contributed by atoms with Gasteiger partial charge >= 0.3 is 0 Å². The van der Waals surface area contributed by atoms with Crippen LogP contribution in [0.1, 0.15) is 23.5 Å². The van der Waals surface area contributed by atoms with E-state index in [4.69, 9.17) is 4.42 Å². The Hall–Kier alpha value is -1.86. The van der Waals surface area contributed by atoms with Crippen LogP contribution in [0, 0.1) is 5.82 Å². The number of thioether (sulfide) groups is 1. The predicted octanol–water partition coefficient (Wildman–Crippen LogP) is 4.74. The molecule has 1 atom stereocenters. The molecule has 0 aliphatic carbocycles. The van der Waals surface area contributed by atoms with Gasteiger partial charge in [0, 0.05) is 5.25 Å². The molecular formula is C15H14FN3OS2. The van der Waals surface area contributed by atoms with Gasteiger partial charge in [-0.1, -0.05) is 35.2 Å². The van der Waals surface area contributed by atoms with Crippen molar-refractivity contribution in [2.24, 2.45) is 0 Å². The third-order valence-electron chi connectivity index (χ3n) is 3.02. The summed E-state index contributed by atoms with van der Waals surface area (Å²) >= 11 is 3.10. The number of furan rings is 1. The minimum absolute atomic E-state index is 0.187. The summed E-state index contributed by atoms with van der Waals surface area (Å²) in [6.07, 6.45) is 1.64. The third kappa shape index (κ3) is 3.86. The molecule has 0 amide bonds. The largest absolute Gasteiger partial charge is 0.467 e. The fourth-order valence-electron chi connectivity index (χ4n) is 1.86. The number of benzene rings is 1. The Morgan fingerprint density at radius 3 is 2.82 bits per heavy atom. The van der Waals surface area contributed by atoms with Gasteiger partial charge in [-0.25, -0.2) is 4.39 Å². The molecule has 114 valence electrons. The smallest absolute Gasteiger partial charge is 0.206 e. The Morgan fingerprint density at radius 2 is 2.09 bits per heavy atom. The lowest BCUT2D eigenvalue weighted by atomic mass is 10.2. The highest BCUT2D eigenvalue weighted by atomic mass is 32.2. The lowest BCUT2D eigenvalue weighted by Crippen LogP contribution is -1.96. The SMILES string of the molecule is C[C@H](Sc1nnc(NCc2ccco2)s1)c1ccc(F)cc1. The maximum absolute atomic E-state index is 12.9. The van der Waals surface area contributed by atoms with Crippen LogP contribution in [-0.4, -0.2) is 10.2 Å². The highest BCUT2D eigenvalue weighted by molar-refractivity contribution is 8.01. The zero-order chi connectivity index (χ0) is 15.4. The van der Waals surface area contributed by atoms with E-state index in [1.807, 2.05) is 12.1 Å². The molecule has 4 nitrogen and oxygen atoms in total. The standard InChI is InChI=1S/C15H14FN3OS2/c1-10(11-4-6-12(16)7-5-11)21-15-19-18-14(22-15)17-9-13-3-2-8-20-13/h2-8,10H,9H2,1H3,(H,17,18)/t10-/m0/s1. The van der Waals surface area contributed by atoms with Gasteiger partial charge in [-0.2, -0.15) is 0 Å². The number of rotatable bonds is 6. The minimum Gasteiger partial charge on any atom is -0.467 e. The zero-order valence-corrected chi connectivity index (χ0v) is 13.5. The van der Waals surface area contributed by atoms with Crippen LogP contribution in [0.25, 0.3) is 0 Å². The Balaban J connectivity index is 1.57. The second-order valence-electron chi connectivity index (χ2n) is 4.62. The summed E-state index contributed by atoms with van der Waals surface area (Å²) in [5, 5.41) is 12.4. The minimum atomic E-state index is -0.221. The molecule has 22 heavy (non-hydrogen) atoms. The Bertz CT molecular complexity index is 713. The van der Waals surface area contributed by atoms with Crippen molar-refractivity contribution in [3.05, 3.63) is 59.8 Å². The summed E-state index contributed by atoms with van der Waals surface area (Å²) in [5.41, 5.74) is 1.06. The lowest BCUT2D eigenvalue weighted by molar-refractivity contribution is 0.518. The number of nitrogens with one attached hydrogen (secondary N) is 1. The molecule has 3 rings (SSSR count). The molecular weight excluding hydrogens is 321 g/mol. The van der Waals surface area contributed by atoms with Crippen LogP contribution in [0.4, 0.5) is 9.52 Å². The van der Waals surface area contributed by atoms with Gasteiger partial charge in [0.25, 0.3) is 0 Å². The second kappa shape index (κ2) is 6.93. The van der Waals surface area contributed by atoms with Crippen LogP contribution in [-0.2, 0) is 6.54 Å². The van der Waals surface area contributed by atoms with Crippen LogP contribution < -0.4 is 5.32 Å². The highest BCUT2D eigenvalue weighted by Crippen LogP contribution is 2.37. The van der Waals surface area contributed by atoms with Crippen molar-refractivity contribution in [2.75, 3.05) is 5.32 Å². The van der Waals surface area contributed by atoms with E-state index in [9.17, 15) is 4.39 Å². The van der Waals surface area contributed by atoms with Gasteiger partial charge in [0.1, 0.15) is 11.6 Å². The van der Waals surface area contributed by atoms with Gasteiger partial charge < -0.3 is 9.73 Å². The molecule has 7 heteroatoms. The van der Waals surface area contributed by atoms with Crippen molar-refractivity contribution in [1.29, 1.82) is 0 Å². The summed E-state index contributed by atoms with van der Waals surface area (Å²) in [4.78, 5) is 0. The number of nitrogens with zero attached hydrogens (tertiary/aromatic N) is 2. The van der Waals surface area contributed by atoms with E-state index in [1.165, 1.54) is 23.5 Å². The molecule has 0 spiro atoms. The van der Waals surface area contributed by atoms with Crippen LogP contribution in [0.2, 0.25) is 0 Å². The van der Waals surface area contributed by atoms with Gasteiger partial charge in [0.15, 0.2) is 4.34 Å². The van der Waals surface area contributed by atoms with E-state index in [1.54, 1.807) is 30.2 Å². The van der Waals surface area contributed by atoms with Crippen molar-refractivity contribution in [1.82, 2.24) is 10.2 Å². The first kappa shape index (κ1) is 15.1. The first-order valence-corrected chi connectivity index (χ1v) is 8.42. The van der Waals surface area contributed by atoms with Gasteiger partial charge in [0.2, 0.25) is 5.13 Å². The molecule has 1 N–H and O–H groups in total. The van der Waals surface area contributed by atoms with Gasteiger partial charge in [0.05, 0.1) is 12.8 Å². The number of hydrogen-bond acceptors (Lipinski definition) is 6. The Kier molecular flexibility index (Phi) is 4.74. The molecule has 2 aromatic heterocycles. The zero-order valence-electron chi connectivity index (χ0n) is 11.8. The summed E-state index contributed by atoms with van der Waals surface area (Å²) in [5.74, 6) is 0.630. The van der Waals surface area contributed by atoms with E-state index in [2.05, 4.69) is 22.4 Å². The fourth-order valence-corrected chi connectivity index (χ4v) is 3.88. The van der Waals surface area contributed by atoms with Crippen LogP contribution >= 0.6 is 23.1 Å². The molecule has 0 saturated heterocycles. The molecule has 0 aliphatic heterocycles. The predicted molar refractivity (Wildman–Crippen MR) is 86.6 cm³/mol. The van der Waals surface area contributed by atoms with E-state index in [0.717, 1.165) is 20.8 Å². The van der Waals surface area contributed by atoms with E-state index < -0.39 is 0 Å². The van der Waals surface area contributed by atoms with Crippen LogP contribution in [0.15, 0.2) is 51.4 Å². The first-order valence-electron chi connectivity index (χ1n) is 6.72.